The lowest BCUT2D eigenvalue weighted by molar-refractivity contribution is -0.384. The number of hydrogen-bond acceptors (Lipinski definition) is 6. The van der Waals surface area contributed by atoms with Crippen LogP contribution in [0.5, 0.6) is 0 Å². The van der Waals surface area contributed by atoms with Gasteiger partial charge in [-0.25, -0.2) is 9.59 Å². The van der Waals surface area contributed by atoms with E-state index in [4.69, 9.17) is 4.74 Å². The van der Waals surface area contributed by atoms with Gasteiger partial charge in [-0.15, -0.1) is 0 Å². The lowest BCUT2D eigenvalue weighted by Gasteiger charge is -2.43. The fourth-order valence-electron chi connectivity index (χ4n) is 3.25. The third-order valence-corrected chi connectivity index (χ3v) is 4.52. The van der Waals surface area contributed by atoms with Gasteiger partial charge >= 0.3 is 11.9 Å². The van der Waals surface area contributed by atoms with E-state index in [9.17, 15) is 24.8 Å². The number of carbonyl (C=O) groups is 2. The van der Waals surface area contributed by atoms with Crippen molar-refractivity contribution >= 4 is 17.6 Å². The normalized spacial score (nSPS) is 25.8. The van der Waals surface area contributed by atoms with Crippen molar-refractivity contribution < 1.29 is 24.4 Å². The number of fused-ring (bicyclic) bond motifs is 3. The molecule has 0 radical (unpaired) electrons. The van der Waals surface area contributed by atoms with Crippen molar-refractivity contribution in [3.63, 3.8) is 0 Å². The van der Waals surface area contributed by atoms with Crippen LogP contribution in [0.2, 0.25) is 0 Å². The van der Waals surface area contributed by atoms with Crippen LogP contribution in [0.15, 0.2) is 18.2 Å². The summed E-state index contributed by atoms with van der Waals surface area (Å²) in [5, 5.41) is 19.9. The number of carbonyl (C=O) groups excluding carboxylic acids is 1. The Balaban J connectivity index is 1.81. The van der Waals surface area contributed by atoms with Gasteiger partial charge in [0.05, 0.1) is 16.1 Å². The number of nitrogens with zero attached hydrogens (tertiary/aromatic N) is 2. The highest BCUT2D eigenvalue weighted by atomic mass is 16.6. The smallest absolute Gasteiger partial charge is 0.339 e. The Morgan fingerprint density at radius 1 is 1.26 bits per heavy atom. The molecule has 0 aromatic heterocycles. The Hall–Kier alpha value is -2.48. The van der Waals surface area contributed by atoms with Crippen LogP contribution >= 0.6 is 0 Å². The summed E-state index contributed by atoms with van der Waals surface area (Å²) in [5.41, 5.74) is -0.938. The first-order valence-corrected chi connectivity index (χ1v) is 7.41. The molecular weight excluding hydrogens is 304 g/mol. The zero-order valence-corrected chi connectivity index (χ0v) is 12.3. The summed E-state index contributed by atoms with van der Waals surface area (Å²) < 4.78 is 5.49. The minimum Gasteiger partial charge on any atom is -0.478 e. The number of nitro groups is 1. The summed E-state index contributed by atoms with van der Waals surface area (Å²) in [6.45, 7) is 2.65. The molecule has 1 atom stereocenters. The van der Waals surface area contributed by atoms with Crippen LogP contribution in [-0.2, 0) is 4.74 Å². The molecule has 3 saturated heterocycles. The van der Waals surface area contributed by atoms with Crippen LogP contribution in [0.25, 0.3) is 0 Å². The third-order valence-electron chi connectivity index (χ3n) is 4.52. The van der Waals surface area contributed by atoms with E-state index in [2.05, 4.69) is 4.90 Å². The molecule has 122 valence electrons. The van der Waals surface area contributed by atoms with Gasteiger partial charge in [-0.2, -0.15) is 0 Å². The highest BCUT2D eigenvalue weighted by molar-refractivity contribution is 6.03. The molecule has 8 heteroatoms. The maximum atomic E-state index is 12.3. The Bertz CT molecular complexity index is 666. The Kier molecular flexibility index (Phi) is 3.99. The number of esters is 1. The molecule has 4 rings (SSSR count). The van der Waals surface area contributed by atoms with E-state index in [1.807, 2.05) is 0 Å². The molecule has 3 fully saturated rings. The van der Waals surface area contributed by atoms with Gasteiger partial charge in [-0.05, 0) is 37.9 Å². The zero-order valence-electron chi connectivity index (χ0n) is 12.3. The van der Waals surface area contributed by atoms with Crippen LogP contribution in [0.1, 0.15) is 33.6 Å². The summed E-state index contributed by atoms with van der Waals surface area (Å²) in [6.07, 6.45) is 1.68. The standard InChI is InChI=1S/C15H16N2O6/c18-14(19)12-7-10(17(21)22)1-2-11(12)15(20)23-13-8-16-5-3-9(13)4-6-16/h1-2,7,9,13H,3-6,8H2,(H,18,19). The van der Waals surface area contributed by atoms with Crippen molar-refractivity contribution in [1.29, 1.82) is 0 Å². The maximum absolute atomic E-state index is 12.3. The Morgan fingerprint density at radius 2 is 1.96 bits per heavy atom. The molecule has 0 spiro atoms. The van der Waals surface area contributed by atoms with Crippen LogP contribution in [0.4, 0.5) is 5.69 Å². The fraction of sp³-hybridized carbons (Fsp3) is 0.467. The summed E-state index contributed by atoms with van der Waals surface area (Å²) >= 11 is 0. The van der Waals surface area contributed by atoms with Crippen molar-refractivity contribution in [3.8, 4) is 0 Å². The van der Waals surface area contributed by atoms with E-state index in [-0.39, 0.29) is 17.4 Å². The van der Waals surface area contributed by atoms with E-state index in [1.54, 1.807) is 0 Å². The first kappa shape index (κ1) is 15.4. The number of nitro benzene ring substituents is 1. The molecule has 3 aliphatic heterocycles. The minimum atomic E-state index is -1.39. The Labute approximate surface area is 131 Å². The molecule has 0 amide bonds. The number of carboxylic acids is 1. The lowest BCUT2D eigenvalue weighted by atomic mass is 9.86. The first-order valence-electron chi connectivity index (χ1n) is 7.41. The van der Waals surface area contributed by atoms with Gasteiger partial charge in [0.15, 0.2) is 0 Å². The van der Waals surface area contributed by atoms with Crippen molar-refractivity contribution in [2.45, 2.75) is 18.9 Å². The molecule has 1 N–H and O–H groups in total. The topological polar surface area (TPSA) is 110 Å². The third kappa shape index (κ3) is 3.02. The van der Waals surface area contributed by atoms with Crippen LogP contribution in [0, 0.1) is 16.0 Å². The summed E-state index contributed by atoms with van der Waals surface area (Å²) in [5.74, 6) is -1.83. The zero-order chi connectivity index (χ0) is 16.6. The monoisotopic (exact) mass is 320 g/mol. The average molecular weight is 320 g/mol. The van der Waals surface area contributed by atoms with Gasteiger partial charge in [0.1, 0.15) is 6.10 Å². The summed E-state index contributed by atoms with van der Waals surface area (Å²) in [4.78, 5) is 35.9. The highest BCUT2D eigenvalue weighted by Gasteiger charge is 2.37. The molecule has 3 heterocycles. The van der Waals surface area contributed by atoms with E-state index < -0.39 is 22.4 Å². The van der Waals surface area contributed by atoms with E-state index in [0.717, 1.165) is 44.1 Å². The van der Waals surface area contributed by atoms with Crippen molar-refractivity contribution in [2.75, 3.05) is 19.6 Å². The maximum Gasteiger partial charge on any atom is 0.339 e. The van der Waals surface area contributed by atoms with E-state index in [1.165, 1.54) is 0 Å². The lowest BCUT2D eigenvalue weighted by Crippen LogP contribution is -2.52. The van der Waals surface area contributed by atoms with Crippen LogP contribution in [0.3, 0.4) is 0 Å². The number of non-ortho nitro benzene ring substituents is 1. The number of ether oxygens (including phenoxy) is 1. The van der Waals surface area contributed by atoms with Gasteiger partial charge in [0.25, 0.3) is 5.69 Å². The highest BCUT2D eigenvalue weighted by Crippen LogP contribution is 2.30. The molecule has 23 heavy (non-hydrogen) atoms. The number of rotatable bonds is 4. The number of piperidine rings is 3. The predicted octanol–water partition coefficient (Wildman–Crippen LogP) is 1.54. The SMILES string of the molecule is O=C(O)c1cc([N+](=O)[O-])ccc1C(=O)OC1CN2CCC1CC2. The van der Waals surface area contributed by atoms with Gasteiger partial charge in [-0.1, -0.05) is 0 Å². The molecule has 3 aliphatic rings. The molecular formula is C15H16N2O6. The van der Waals surface area contributed by atoms with E-state index >= 15 is 0 Å². The summed E-state index contributed by atoms with van der Waals surface area (Å²) in [7, 11) is 0. The molecule has 1 unspecified atom stereocenters. The fourth-order valence-corrected chi connectivity index (χ4v) is 3.25. The van der Waals surface area contributed by atoms with Crippen LogP contribution < -0.4 is 0 Å². The van der Waals surface area contributed by atoms with Gasteiger partial charge in [-0.3, -0.25) is 15.0 Å². The second-order valence-electron chi connectivity index (χ2n) is 5.87. The van der Waals surface area contributed by atoms with E-state index in [0.29, 0.717) is 12.5 Å². The number of carboxylic acid groups (broad SMARTS) is 1. The average Bonchev–Trinajstić information content (AvgIpc) is 2.55. The van der Waals surface area contributed by atoms with Crippen molar-refractivity contribution in [3.05, 3.63) is 39.4 Å². The largest absolute Gasteiger partial charge is 0.478 e. The first-order chi connectivity index (χ1) is 11.0. The van der Waals surface area contributed by atoms with Crippen LogP contribution in [-0.4, -0.2) is 52.6 Å². The predicted molar refractivity (Wildman–Crippen MR) is 78.4 cm³/mol. The number of hydrogen-bond donors (Lipinski definition) is 1. The molecule has 1 aromatic carbocycles. The quantitative estimate of drug-likeness (QED) is 0.509. The second kappa shape index (κ2) is 5.96. The molecule has 1 aromatic rings. The van der Waals surface area contributed by atoms with Gasteiger partial charge in [0.2, 0.25) is 0 Å². The Morgan fingerprint density at radius 3 is 2.48 bits per heavy atom. The number of aromatic carboxylic acids is 1. The molecule has 2 bridgehead atoms. The molecule has 8 nitrogen and oxygen atoms in total. The molecule has 0 aliphatic carbocycles. The van der Waals surface area contributed by atoms with Gasteiger partial charge < -0.3 is 9.84 Å². The van der Waals surface area contributed by atoms with Crippen molar-refractivity contribution in [2.24, 2.45) is 5.92 Å². The molecule has 0 saturated carbocycles. The minimum absolute atomic E-state index is 0.153. The number of benzene rings is 1. The second-order valence-corrected chi connectivity index (χ2v) is 5.87. The van der Waals surface area contributed by atoms with Crippen molar-refractivity contribution in [1.82, 2.24) is 4.90 Å². The van der Waals surface area contributed by atoms with Gasteiger partial charge in [0, 0.05) is 18.7 Å². The summed E-state index contributed by atoms with van der Waals surface area (Å²) in [6, 6.07) is 3.14.